The van der Waals surface area contributed by atoms with E-state index in [1.807, 2.05) is 6.92 Å². The number of carbonyl (C=O) groups excluding carboxylic acids is 1. The van der Waals surface area contributed by atoms with E-state index in [0.29, 0.717) is 18.5 Å². The number of halogens is 1. The van der Waals surface area contributed by atoms with E-state index in [2.05, 4.69) is 19.2 Å². The second kappa shape index (κ2) is 7.03. The lowest BCUT2D eigenvalue weighted by molar-refractivity contribution is 0.0667. The molecule has 1 aromatic carbocycles. The van der Waals surface area contributed by atoms with Crippen molar-refractivity contribution < 1.29 is 9.18 Å². The van der Waals surface area contributed by atoms with E-state index >= 15 is 0 Å². The molecule has 1 aliphatic rings. The van der Waals surface area contributed by atoms with Crippen molar-refractivity contribution in [2.75, 3.05) is 19.6 Å². The van der Waals surface area contributed by atoms with Gasteiger partial charge in [0.15, 0.2) is 0 Å². The summed E-state index contributed by atoms with van der Waals surface area (Å²) in [6.45, 7) is 8.42. The van der Waals surface area contributed by atoms with Crippen LogP contribution in [0.5, 0.6) is 0 Å². The molecule has 0 radical (unpaired) electrons. The first-order chi connectivity index (χ1) is 9.97. The van der Waals surface area contributed by atoms with Crippen LogP contribution in [0.3, 0.4) is 0 Å². The molecule has 4 heteroatoms. The Balaban J connectivity index is 2.01. The normalized spacial score (nSPS) is 19.1. The first-order valence-electron chi connectivity index (χ1n) is 7.76. The first-order valence-corrected chi connectivity index (χ1v) is 7.76. The van der Waals surface area contributed by atoms with Crippen molar-refractivity contribution in [3.05, 3.63) is 35.1 Å². The number of nitrogens with zero attached hydrogens (tertiary/aromatic N) is 1. The van der Waals surface area contributed by atoms with Crippen LogP contribution in [0.25, 0.3) is 0 Å². The molecule has 1 heterocycles. The molecule has 1 saturated heterocycles. The fourth-order valence-corrected chi connectivity index (χ4v) is 2.78. The van der Waals surface area contributed by atoms with E-state index in [1.165, 1.54) is 6.07 Å². The van der Waals surface area contributed by atoms with Crippen molar-refractivity contribution in [3.63, 3.8) is 0 Å². The summed E-state index contributed by atoms with van der Waals surface area (Å²) in [6.07, 6.45) is 2.11. The third-order valence-electron chi connectivity index (χ3n) is 3.98. The smallest absolute Gasteiger partial charge is 0.256 e. The standard InChI is InChI=1S/C17H25FN2O/c1-12(2)19-10-14-5-4-8-20(11-14)17(21)15-7-6-13(3)9-16(15)18/h6-7,9,12,14,19H,4-5,8,10-11H2,1-3H3. The summed E-state index contributed by atoms with van der Waals surface area (Å²) in [5.41, 5.74) is 1.03. The Morgan fingerprint density at radius 1 is 1.48 bits per heavy atom. The summed E-state index contributed by atoms with van der Waals surface area (Å²) < 4.78 is 13.9. The van der Waals surface area contributed by atoms with Gasteiger partial charge in [0, 0.05) is 19.1 Å². The number of hydrogen-bond acceptors (Lipinski definition) is 2. The molecule has 3 nitrogen and oxygen atoms in total. The third kappa shape index (κ3) is 4.27. The number of amides is 1. The number of carbonyl (C=O) groups is 1. The number of nitrogens with one attached hydrogen (secondary N) is 1. The number of aryl methyl sites for hydroxylation is 1. The van der Waals surface area contributed by atoms with Gasteiger partial charge in [0.05, 0.1) is 5.56 Å². The Labute approximate surface area is 126 Å². The highest BCUT2D eigenvalue weighted by Crippen LogP contribution is 2.20. The predicted molar refractivity (Wildman–Crippen MR) is 82.9 cm³/mol. The van der Waals surface area contributed by atoms with Crippen LogP contribution in [0.15, 0.2) is 18.2 Å². The molecule has 1 aliphatic heterocycles. The Morgan fingerprint density at radius 3 is 2.90 bits per heavy atom. The Kier molecular flexibility index (Phi) is 5.34. The van der Waals surface area contributed by atoms with E-state index in [4.69, 9.17) is 0 Å². The summed E-state index contributed by atoms with van der Waals surface area (Å²) in [5, 5.41) is 3.42. The second-order valence-electron chi connectivity index (χ2n) is 6.31. The van der Waals surface area contributed by atoms with Crippen LogP contribution in [0.4, 0.5) is 4.39 Å². The highest BCUT2D eigenvalue weighted by Gasteiger charge is 2.25. The minimum absolute atomic E-state index is 0.179. The maximum atomic E-state index is 13.9. The van der Waals surface area contributed by atoms with Crippen molar-refractivity contribution >= 4 is 5.91 Å². The van der Waals surface area contributed by atoms with Crippen molar-refractivity contribution in [3.8, 4) is 0 Å². The van der Waals surface area contributed by atoms with Gasteiger partial charge < -0.3 is 10.2 Å². The molecule has 116 valence electrons. The fourth-order valence-electron chi connectivity index (χ4n) is 2.78. The monoisotopic (exact) mass is 292 g/mol. The number of piperidine rings is 1. The van der Waals surface area contributed by atoms with E-state index in [-0.39, 0.29) is 11.5 Å². The van der Waals surface area contributed by atoms with Gasteiger partial charge in [0.2, 0.25) is 0 Å². The average Bonchev–Trinajstić information content (AvgIpc) is 2.45. The average molecular weight is 292 g/mol. The molecule has 1 N–H and O–H groups in total. The maximum Gasteiger partial charge on any atom is 0.256 e. The highest BCUT2D eigenvalue weighted by molar-refractivity contribution is 5.94. The van der Waals surface area contributed by atoms with E-state index in [0.717, 1.165) is 31.5 Å². The molecule has 0 aromatic heterocycles. The molecule has 2 rings (SSSR count). The Bertz CT molecular complexity index is 502. The van der Waals surface area contributed by atoms with Gasteiger partial charge in [-0.25, -0.2) is 4.39 Å². The SMILES string of the molecule is Cc1ccc(C(=O)N2CCCC(CNC(C)C)C2)c(F)c1. The molecule has 1 fully saturated rings. The minimum atomic E-state index is -0.414. The van der Waals surface area contributed by atoms with Gasteiger partial charge in [-0.2, -0.15) is 0 Å². The molecule has 0 aliphatic carbocycles. The summed E-state index contributed by atoms with van der Waals surface area (Å²) >= 11 is 0. The zero-order valence-corrected chi connectivity index (χ0v) is 13.2. The van der Waals surface area contributed by atoms with Crippen LogP contribution in [0, 0.1) is 18.7 Å². The van der Waals surface area contributed by atoms with E-state index < -0.39 is 5.82 Å². The topological polar surface area (TPSA) is 32.3 Å². The van der Waals surface area contributed by atoms with Crippen LogP contribution in [-0.2, 0) is 0 Å². The molecule has 21 heavy (non-hydrogen) atoms. The number of hydrogen-bond donors (Lipinski definition) is 1. The molecule has 0 bridgehead atoms. The van der Waals surface area contributed by atoms with Gasteiger partial charge in [-0.1, -0.05) is 19.9 Å². The van der Waals surface area contributed by atoms with Gasteiger partial charge >= 0.3 is 0 Å². The minimum Gasteiger partial charge on any atom is -0.338 e. The van der Waals surface area contributed by atoms with E-state index in [9.17, 15) is 9.18 Å². The van der Waals surface area contributed by atoms with Gasteiger partial charge in [-0.05, 0) is 49.9 Å². The molecule has 1 aromatic rings. The molecule has 0 saturated carbocycles. The molecule has 1 unspecified atom stereocenters. The second-order valence-corrected chi connectivity index (χ2v) is 6.31. The van der Waals surface area contributed by atoms with Gasteiger partial charge in [-0.3, -0.25) is 4.79 Å². The number of benzene rings is 1. The summed E-state index contributed by atoms with van der Waals surface area (Å²) in [6, 6.07) is 5.27. The number of rotatable bonds is 4. The maximum absolute atomic E-state index is 13.9. The molecule has 1 amide bonds. The van der Waals surface area contributed by atoms with Gasteiger partial charge in [-0.15, -0.1) is 0 Å². The van der Waals surface area contributed by atoms with Crippen molar-refractivity contribution in [2.45, 2.75) is 39.7 Å². The zero-order chi connectivity index (χ0) is 15.4. The molecular formula is C17H25FN2O. The van der Waals surface area contributed by atoms with Crippen molar-refractivity contribution in [2.24, 2.45) is 5.92 Å². The number of likely N-dealkylation sites (tertiary alicyclic amines) is 1. The largest absolute Gasteiger partial charge is 0.338 e. The van der Waals surface area contributed by atoms with Crippen LogP contribution in [0.2, 0.25) is 0 Å². The molecule has 1 atom stereocenters. The van der Waals surface area contributed by atoms with Crippen LogP contribution in [-0.4, -0.2) is 36.5 Å². The lowest BCUT2D eigenvalue weighted by Gasteiger charge is -2.33. The predicted octanol–water partition coefficient (Wildman–Crippen LogP) is 2.98. The van der Waals surface area contributed by atoms with Gasteiger partial charge in [0.25, 0.3) is 5.91 Å². The Hall–Kier alpha value is -1.42. The lowest BCUT2D eigenvalue weighted by atomic mass is 9.97. The van der Waals surface area contributed by atoms with Crippen molar-refractivity contribution in [1.82, 2.24) is 10.2 Å². The summed E-state index contributed by atoms with van der Waals surface area (Å²) in [4.78, 5) is 14.3. The highest BCUT2D eigenvalue weighted by atomic mass is 19.1. The zero-order valence-electron chi connectivity index (χ0n) is 13.2. The molecular weight excluding hydrogens is 267 g/mol. The quantitative estimate of drug-likeness (QED) is 0.925. The summed E-state index contributed by atoms with van der Waals surface area (Å²) in [7, 11) is 0. The summed E-state index contributed by atoms with van der Waals surface area (Å²) in [5.74, 6) is -0.136. The van der Waals surface area contributed by atoms with Gasteiger partial charge in [0.1, 0.15) is 5.82 Å². The van der Waals surface area contributed by atoms with Crippen LogP contribution in [0.1, 0.15) is 42.6 Å². The lowest BCUT2D eigenvalue weighted by Crippen LogP contribution is -2.44. The molecule has 0 spiro atoms. The third-order valence-corrected chi connectivity index (χ3v) is 3.98. The van der Waals surface area contributed by atoms with Crippen LogP contribution < -0.4 is 5.32 Å². The first kappa shape index (κ1) is 16.0. The van der Waals surface area contributed by atoms with Crippen molar-refractivity contribution in [1.29, 1.82) is 0 Å². The Morgan fingerprint density at radius 2 is 2.24 bits per heavy atom. The van der Waals surface area contributed by atoms with Crippen LogP contribution >= 0.6 is 0 Å². The van der Waals surface area contributed by atoms with E-state index in [1.54, 1.807) is 17.0 Å². The fraction of sp³-hybridized carbons (Fsp3) is 0.588.